The third-order valence-corrected chi connectivity index (χ3v) is 3.93. The van der Waals surface area contributed by atoms with Crippen LogP contribution >= 0.6 is 0 Å². The van der Waals surface area contributed by atoms with Crippen LogP contribution in [0.4, 0.5) is 4.39 Å². The van der Waals surface area contributed by atoms with E-state index < -0.39 is 0 Å². The van der Waals surface area contributed by atoms with Gasteiger partial charge in [0.2, 0.25) is 0 Å². The molecule has 2 bridgehead atoms. The van der Waals surface area contributed by atoms with E-state index in [0.29, 0.717) is 12.5 Å². The van der Waals surface area contributed by atoms with Crippen molar-refractivity contribution < 1.29 is 5.76 Å². The van der Waals surface area contributed by atoms with Crippen LogP contribution in [0.5, 0.6) is 0 Å². The average molecular weight is 186 g/mol. The van der Waals surface area contributed by atoms with Crippen LogP contribution in [0.25, 0.3) is 0 Å². The molecule has 2 rings (SSSR count). The van der Waals surface area contributed by atoms with Crippen molar-refractivity contribution in [2.45, 2.75) is 56.5 Å². The molecule has 13 heavy (non-hydrogen) atoms. The van der Waals surface area contributed by atoms with Crippen LogP contribution in [-0.2, 0) is 0 Å². The molecule has 2 saturated heterocycles. The van der Waals surface area contributed by atoms with Crippen molar-refractivity contribution >= 4 is 0 Å². The number of nitrogens with zero attached hydrogens (tertiary/aromatic N) is 1. The highest BCUT2D eigenvalue weighted by atomic mass is 19.1. The van der Waals surface area contributed by atoms with E-state index in [1.165, 1.54) is 12.8 Å². The maximum absolute atomic E-state index is 12.2. The zero-order valence-corrected chi connectivity index (χ0v) is 8.43. The molecule has 2 heteroatoms. The maximum Gasteiger partial charge on any atom is 0.0895 e. The summed E-state index contributed by atoms with van der Waals surface area (Å²) >= 11 is 0. The van der Waals surface area contributed by atoms with E-state index in [9.17, 15) is 4.39 Å². The Morgan fingerprint density at radius 1 is 1.62 bits per heavy atom. The Labute approximate surface area is 81.7 Å². The van der Waals surface area contributed by atoms with Crippen molar-refractivity contribution in [3.05, 3.63) is 0 Å². The van der Waals surface area contributed by atoms with Gasteiger partial charge in [-0.05, 0) is 45.5 Å². The Morgan fingerprint density at radius 2 is 2.46 bits per heavy atom. The van der Waals surface area contributed by atoms with Gasteiger partial charge in [0.05, 0.1) is 6.67 Å². The van der Waals surface area contributed by atoms with Gasteiger partial charge in [0.25, 0.3) is 0 Å². The molecule has 0 N–H and O–H groups in total. The fourth-order valence-corrected chi connectivity index (χ4v) is 3.05. The zero-order valence-electron chi connectivity index (χ0n) is 9.43. The Kier molecular flexibility index (Phi) is 2.25. The Bertz CT molecular complexity index is 211. The average Bonchev–Trinajstić information content (AvgIpc) is 2.39. The lowest BCUT2D eigenvalue weighted by Crippen LogP contribution is -2.47. The predicted molar refractivity (Wildman–Crippen MR) is 52.6 cm³/mol. The summed E-state index contributed by atoms with van der Waals surface area (Å²) in [5, 5.41) is 0. The van der Waals surface area contributed by atoms with Crippen LogP contribution in [0.3, 0.4) is 0 Å². The van der Waals surface area contributed by atoms with Crippen molar-refractivity contribution in [1.29, 1.82) is 0 Å². The molecule has 2 fully saturated rings. The van der Waals surface area contributed by atoms with Crippen molar-refractivity contribution in [1.82, 2.24) is 4.90 Å². The van der Waals surface area contributed by atoms with Gasteiger partial charge >= 0.3 is 0 Å². The molecule has 2 heterocycles. The van der Waals surface area contributed by atoms with Crippen molar-refractivity contribution in [3.63, 3.8) is 0 Å². The molecule has 0 aromatic carbocycles. The number of fused-ring (bicyclic) bond motifs is 2. The lowest BCUT2D eigenvalue weighted by atomic mass is 9.84. The topological polar surface area (TPSA) is 3.24 Å². The van der Waals surface area contributed by atoms with E-state index in [2.05, 4.69) is 11.9 Å². The van der Waals surface area contributed by atoms with Crippen LogP contribution in [0.2, 0.25) is 0 Å². The van der Waals surface area contributed by atoms with Crippen LogP contribution < -0.4 is 0 Å². The lowest BCUT2D eigenvalue weighted by Gasteiger charge is -2.42. The van der Waals surface area contributed by atoms with Gasteiger partial charge in [0.15, 0.2) is 0 Å². The summed E-state index contributed by atoms with van der Waals surface area (Å²) in [5.41, 5.74) is 0.0228. The first-order chi connectivity index (χ1) is 6.70. The smallest absolute Gasteiger partial charge is 0.0895 e. The molecule has 0 aromatic heterocycles. The molecule has 1 unspecified atom stereocenters. The van der Waals surface area contributed by atoms with Crippen molar-refractivity contribution in [2.75, 3.05) is 13.7 Å². The van der Waals surface area contributed by atoms with Gasteiger partial charge in [-0.3, -0.25) is 9.29 Å². The van der Waals surface area contributed by atoms with Gasteiger partial charge in [-0.25, -0.2) is 0 Å². The molecule has 76 valence electrons. The van der Waals surface area contributed by atoms with Gasteiger partial charge in [0.1, 0.15) is 0 Å². The number of hydrogen-bond donors (Lipinski definition) is 0. The molecule has 2 aliphatic rings. The summed E-state index contributed by atoms with van der Waals surface area (Å²) in [6.07, 6.45) is 6.04. The maximum atomic E-state index is 12.2. The summed E-state index contributed by atoms with van der Waals surface area (Å²) in [7, 11) is 2.14. The number of rotatable bonds is 3. The van der Waals surface area contributed by atoms with E-state index in [-0.39, 0.29) is 18.6 Å². The first-order valence-corrected chi connectivity index (χ1v) is 5.42. The first-order valence-electron chi connectivity index (χ1n) is 5.99. The molecular formula is C11H20FN. The third kappa shape index (κ3) is 1.50. The van der Waals surface area contributed by atoms with E-state index in [1.54, 1.807) is 0 Å². The number of piperidine rings is 1. The molecule has 0 saturated carbocycles. The summed E-state index contributed by atoms with van der Waals surface area (Å²) < 4.78 is 20.4. The highest BCUT2D eigenvalue weighted by Crippen LogP contribution is 2.45. The van der Waals surface area contributed by atoms with Crippen LogP contribution in [0.15, 0.2) is 0 Å². The molecular weight excluding hydrogens is 165 g/mol. The summed E-state index contributed by atoms with van der Waals surface area (Å²) in [4.78, 5) is 2.38. The normalized spacial score (nSPS) is 46.5. The monoisotopic (exact) mass is 186 g/mol. The van der Waals surface area contributed by atoms with E-state index in [0.717, 1.165) is 19.3 Å². The fourth-order valence-electron chi connectivity index (χ4n) is 3.05. The largest absolute Gasteiger partial charge is 0.298 e. The molecule has 0 radical (unpaired) electrons. The van der Waals surface area contributed by atoms with Gasteiger partial charge < -0.3 is 0 Å². The van der Waals surface area contributed by atoms with Gasteiger partial charge in [-0.2, -0.15) is 0 Å². The predicted octanol–water partition coefficient (Wildman–Crippen LogP) is 2.75. The minimum atomic E-state index is -0.229. The second-order valence-corrected chi connectivity index (χ2v) is 4.48. The molecule has 3 atom stereocenters. The Morgan fingerprint density at radius 3 is 3.23 bits per heavy atom. The highest BCUT2D eigenvalue weighted by molar-refractivity contribution is 5.02. The molecule has 1 nitrogen and oxygen atoms in total. The van der Waals surface area contributed by atoms with Gasteiger partial charge in [0, 0.05) is 13.0 Å². The molecule has 0 spiro atoms. The van der Waals surface area contributed by atoms with Gasteiger partial charge in [-0.1, -0.05) is 6.42 Å². The second-order valence-electron chi connectivity index (χ2n) is 4.48. The third-order valence-electron chi connectivity index (χ3n) is 3.93. The first kappa shape index (κ1) is 8.22. The van der Waals surface area contributed by atoms with Crippen LogP contribution in [0.1, 0.15) is 46.3 Å². The molecule has 0 aromatic rings. The van der Waals surface area contributed by atoms with Crippen molar-refractivity contribution in [2.24, 2.45) is 0 Å². The SMILES string of the molecule is [2H]C1CC[C@@H]2CC[C@@]1(CCCF)N2C. The standard InChI is InChI=1S/C11H20FN/c1-13-10-4-2-6-11(13,8-5-10)7-3-9-12/h10H,2-9H2,1H3/t10-,11-/m1/s1/i6D/t6?,10-,11-. The Hall–Kier alpha value is -0.110. The molecule has 2 aliphatic heterocycles. The van der Waals surface area contributed by atoms with Crippen LogP contribution in [0, 0.1) is 0 Å². The Balaban J connectivity index is 2.12. The molecule has 0 amide bonds. The van der Waals surface area contributed by atoms with E-state index in [4.69, 9.17) is 1.37 Å². The van der Waals surface area contributed by atoms with Crippen LogP contribution in [-0.4, -0.2) is 30.2 Å². The summed E-state index contributed by atoms with van der Waals surface area (Å²) in [6, 6.07) is 0.677. The minimum Gasteiger partial charge on any atom is -0.298 e. The quantitative estimate of drug-likeness (QED) is 0.655. The zero-order chi connectivity index (χ0) is 10.2. The summed E-state index contributed by atoms with van der Waals surface area (Å²) in [6.45, 7) is -0.229. The molecule has 0 aliphatic carbocycles. The van der Waals surface area contributed by atoms with E-state index in [1.807, 2.05) is 0 Å². The number of hydrogen-bond acceptors (Lipinski definition) is 1. The minimum absolute atomic E-state index is 0.0119. The summed E-state index contributed by atoms with van der Waals surface area (Å²) in [5.74, 6) is 0. The lowest BCUT2D eigenvalue weighted by molar-refractivity contribution is 0.0708. The van der Waals surface area contributed by atoms with Crippen molar-refractivity contribution in [3.8, 4) is 0 Å². The highest BCUT2D eigenvalue weighted by Gasteiger charge is 2.45. The number of halogens is 1. The van der Waals surface area contributed by atoms with E-state index >= 15 is 0 Å². The fraction of sp³-hybridized carbons (Fsp3) is 1.00. The van der Waals surface area contributed by atoms with Gasteiger partial charge in [-0.15, -0.1) is 0 Å². The number of alkyl halides is 1. The second kappa shape index (κ2) is 3.56.